The van der Waals surface area contributed by atoms with Crippen molar-refractivity contribution in [2.24, 2.45) is 0 Å². The zero-order chi connectivity index (χ0) is 27.9. The summed E-state index contributed by atoms with van der Waals surface area (Å²) in [5.74, 6) is -1.19. The lowest BCUT2D eigenvalue weighted by Gasteiger charge is -2.32. The van der Waals surface area contributed by atoms with Crippen molar-refractivity contribution < 1.29 is 27.1 Å². The van der Waals surface area contributed by atoms with E-state index in [2.05, 4.69) is 5.32 Å². The summed E-state index contributed by atoms with van der Waals surface area (Å²) < 4.78 is 47.9. The van der Waals surface area contributed by atoms with Gasteiger partial charge in [-0.3, -0.25) is 13.9 Å². The maximum Gasteiger partial charge on any atom is 0.264 e. The number of amides is 2. The van der Waals surface area contributed by atoms with Crippen molar-refractivity contribution in [1.82, 2.24) is 10.2 Å². The van der Waals surface area contributed by atoms with Crippen molar-refractivity contribution >= 4 is 27.5 Å². The van der Waals surface area contributed by atoms with Gasteiger partial charge in [0.15, 0.2) is 0 Å². The number of aryl methyl sites for hydroxylation is 1. The normalized spacial score (nSPS) is 11.9. The van der Waals surface area contributed by atoms with E-state index in [9.17, 15) is 22.4 Å². The van der Waals surface area contributed by atoms with E-state index < -0.39 is 40.2 Å². The van der Waals surface area contributed by atoms with E-state index in [0.717, 1.165) is 9.87 Å². The molecule has 0 fully saturated rings. The van der Waals surface area contributed by atoms with E-state index >= 15 is 0 Å². The van der Waals surface area contributed by atoms with Crippen LogP contribution in [-0.4, -0.2) is 51.4 Å². The van der Waals surface area contributed by atoms with Gasteiger partial charge < -0.3 is 15.0 Å². The number of likely N-dealkylation sites (N-methyl/N-ethyl adjacent to an activating group) is 1. The number of anilines is 1. The maximum atomic E-state index is 13.9. The molecule has 0 unspecified atom stereocenters. The Bertz CT molecular complexity index is 1360. The number of halogens is 1. The number of ether oxygens (including phenoxy) is 1. The zero-order valence-electron chi connectivity index (χ0n) is 21.8. The molecule has 38 heavy (non-hydrogen) atoms. The van der Waals surface area contributed by atoms with Crippen LogP contribution in [0, 0.1) is 12.7 Å². The highest BCUT2D eigenvalue weighted by Gasteiger charge is 2.33. The fourth-order valence-electron chi connectivity index (χ4n) is 3.87. The molecule has 202 valence electrons. The quantitative estimate of drug-likeness (QED) is 0.397. The van der Waals surface area contributed by atoms with Crippen molar-refractivity contribution in [3.63, 3.8) is 0 Å². The Morgan fingerprint density at radius 1 is 1.00 bits per heavy atom. The largest absolute Gasteiger partial charge is 0.492 e. The average Bonchev–Trinajstić information content (AvgIpc) is 2.91. The van der Waals surface area contributed by atoms with Gasteiger partial charge in [-0.2, -0.15) is 0 Å². The second-order valence-electron chi connectivity index (χ2n) is 8.66. The van der Waals surface area contributed by atoms with E-state index in [1.54, 1.807) is 50.2 Å². The molecule has 0 radical (unpaired) electrons. The van der Waals surface area contributed by atoms with E-state index in [0.29, 0.717) is 11.3 Å². The second-order valence-corrected chi connectivity index (χ2v) is 10.5. The van der Waals surface area contributed by atoms with Gasteiger partial charge in [-0.05, 0) is 62.7 Å². The van der Waals surface area contributed by atoms with Crippen LogP contribution in [0.4, 0.5) is 10.1 Å². The smallest absolute Gasteiger partial charge is 0.264 e. The molecule has 0 heterocycles. The summed E-state index contributed by atoms with van der Waals surface area (Å²) >= 11 is 0. The molecule has 3 rings (SSSR count). The van der Waals surface area contributed by atoms with Gasteiger partial charge in [0.1, 0.15) is 24.2 Å². The van der Waals surface area contributed by atoms with Crippen LogP contribution < -0.4 is 14.4 Å². The Morgan fingerprint density at radius 3 is 2.24 bits per heavy atom. The predicted molar refractivity (Wildman–Crippen MR) is 144 cm³/mol. The number of carbonyl (C=O) groups is 2. The van der Waals surface area contributed by atoms with Gasteiger partial charge in [0, 0.05) is 13.6 Å². The highest BCUT2D eigenvalue weighted by atomic mass is 32.2. The third kappa shape index (κ3) is 6.69. The van der Waals surface area contributed by atoms with Crippen LogP contribution in [-0.2, 0) is 26.2 Å². The van der Waals surface area contributed by atoms with E-state index in [4.69, 9.17) is 4.74 Å². The number of nitrogens with zero attached hydrogens (tertiary/aromatic N) is 2. The van der Waals surface area contributed by atoms with Gasteiger partial charge in [0.05, 0.1) is 17.2 Å². The third-order valence-corrected chi connectivity index (χ3v) is 7.78. The van der Waals surface area contributed by atoms with Gasteiger partial charge in [0.25, 0.3) is 10.0 Å². The molecule has 0 saturated carbocycles. The number of hydrogen-bond acceptors (Lipinski definition) is 5. The molecule has 0 spiro atoms. The Labute approximate surface area is 223 Å². The number of hydrogen-bond donors (Lipinski definition) is 1. The van der Waals surface area contributed by atoms with Crippen LogP contribution in [0.5, 0.6) is 5.75 Å². The lowest BCUT2D eigenvalue weighted by atomic mass is 10.1. The SMILES string of the molecule is CCOc1ccccc1N(CC(=O)N(Cc1ccc(F)cc1)[C@@H](C)C(=O)NC)S(=O)(=O)c1ccc(C)cc1. The second kappa shape index (κ2) is 12.6. The van der Waals surface area contributed by atoms with E-state index in [1.807, 2.05) is 6.92 Å². The Hall–Kier alpha value is -3.92. The fourth-order valence-corrected chi connectivity index (χ4v) is 5.29. The molecule has 0 aliphatic heterocycles. The standard InChI is InChI=1S/C28H32FN3O5S/c1-5-37-26-9-7-6-8-25(26)32(38(35,36)24-16-10-20(2)11-17-24)19-27(33)31(21(3)28(34)30-4)18-22-12-14-23(29)15-13-22/h6-17,21H,5,18-19H2,1-4H3,(H,30,34)/t21-/m0/s1. The summed E-state index contributed by atoms with van der Waals surface area (Å²) in [6.45, 7) is 4.83. The molecule has 0 aliphatic carbocycles. The summed E-state index contributed by atoms with van der Waals surface area (Å²) in [5, 5.41) is 2.52. The van der Waals surface area contributed by atoms with Gasteiger partial charge in [-0.25, -0.2) is 12.8 Å². The molecule has 3 aromatic carbocycles. The van der Waals surface area contributed by atoms with Crippen LogP contribution in [0.1, 0.15) is 25.0 Å². The van der Waals surface area contributed by atoms with Gasteiger partial charge in [0.2, 0.25) is 11.8 Å². The molecule has 1 N–H and O–H groups in total. The molecule has 0 aromatic heterocycles. The summed E-state index contributed by atoms with van der Waals surface area (Å²) in [5.41, 5.74) is 1.65. The van der Waals surface area contributed by atoms with E-state index in [-0.39, 0.29) is 23.7 Å². The summed E-state index contributed by atoms with van der Waals surface area (Å²) in [6.07, 6.45) is 0. The van der Waals surface area contributed by atoms with Gasteiger partial charge in [-0.1, -0.05) is 42.0 Å². The monoisotopic (exact) mass is 541 g/mol. The lowest BCUT2D eigenvalue weighted by Crippen LogP contribution is -2.50. The average molecular weight is 542 g/mol. The number of para-hydroxylation sites is 2. The molecule has 8 nitrogen and oxygen atoms in total. The van der Waals surface area contributed by atoms with Crippen LogP contribution in [0.15, 0.2) is 77.7 Å². The highest BCUT2D eigenvalue weighted by Crippen LogP contribution is 2.33. The molecule has 0 bridgehead atoms. The fraction of sp³-hybridized carbons (Fsp3) is 0.286. The summed E-state index contributed by atoms with van der Waals surface area (Å²) in [7, 11) is -2.76. The molecule has 3 aromatic rings. The van der Waals surface area contributed by atoms with Gasteiger partial charge >= 0.3 is 0 Å². The van der Waals surface area contributed by atoms with Crippen molar-refractivity contribution in [2.45, 2.75) is 38.3 Å². The molecular weight excluding hydrogens is 509 g/mol. The minimum Gasteiger partial charge on any atom is -0.492 e. The number of rotatable bonds is 11. The number of nitrogens with one attached hydrogen (secondary N) is 1. The zero-order valence-corrected chi connectivity index (χ0v) is 22.7. The first-order valence-corrected chi connectivity index (χ1v) is 13.6. The minimum absolute atomic E-state index is 0.00614. The molecule has 0 saturated heterocycles. The van der Waals surface area contributed by atoms with Crippen molar-refractivity contribution in [2.75, 3.05) is 24.5 Å². The lowest BCUT2D eigenvalue weighted by molar-refractivity contribution is -0.139. The minimum atomic E-state index is -4.21. The Balaban J connectivity index is 2.08. The molecule has 1 atom stereocenters. The number of benzene rings is 3. The van der Waals surface area contributed by atoms with Crippen LogP contribution in [0.3, 0.4) is 0 Å². The van der Waals surface area contributed by atoms with Crippen molar-refractivity contribution in [3.05, 3.63) is 89.7 Å². The first-order chi connectivity index (χ1) is 18.1. The maximum absolute atomic E-state index is 13.9. The first-order valence-electron chi connectivity index (χ1n) is 12.1. The number of carbonyl (C=O) groups excluding carboxylic acids is 2. The van der Waals surface area contributed by atoms with Crippen LogP contribution >= 0.6 is 0 Å². The van der Waals surface area contributed by atoms with E-state index in [1.165, 1.54) is 48.3 Å². The third-order valence-electron chi connectivity index (χ3n) is 6.00. The number of sulfonamides is 1. The molecule has 2 amide bonds. The molecule has 10 heteroatoms. The summed E-state index contributed by atoms with van der Waals surface area (Å²) in [6, 6.07) is 17.5. The predicted octanol–water partition coefficient (Wildman–Crippen LogP) is 3.89. The highest BCUT2D eigenvalue weighted by molar-refractivity contribution is 7.92. The molecular formula is C28H32FN3O5S. The van der Waals surface area contributed by atoms with Crippen LogP contribution in [0.2, 0.25) is 0 Å². The van der Waals surface area contributed by atoms with Crippen molar-refractivity contribution in [1.29, 1.82) is 0 Å². The first kappa shape index (κ1) is 28.6. The Morgan fingerprint density at radius 2 is 1.63 bits per heavy atom. The summed E-state index contributed by atoms with van der Waals surface area (Å²) in [4.78, 5) is 27.6. The van der Waals surface area contributed by atoms with Crippen LogP contribution in [0.25, 0.3) is 0 Å². The van der Waals surface area contributed by atoms with Crippen molar-refractivity contribution in [3.8, 4) is 5.75 Å². The molecule has 0 aliphatic rings. The topological polar surface area (TPSA) is 96.0 Å². The van der Waals surface area contributed by atoms with Gasteiger partial charge in [-0.15, -0.1) is 0 Å². The Kier molecular flexibility index (Phi) is 9.46.